The summed E-state index contributed by atoms with van der Waals surface area (Å²) in [4.78, 5) is 14.0. The van der Waals surface area contributed by atoms with Crippen molar-refractivity contribution in [3.8, 4) is 11.5 Å². The fourth-order valence-corrected chi connectivity index (χ4v) is 3.31. The van der Waals surface area contributed by atoms with Gasteiger partial charge in [0.25, 0.3) is 5.91 Å². The first-order valence-electron chi connectivity index (χ1n) is 9.42. The van der Waals surface area contributed by atoms with Gasteiger partial charge in [-0.2, -0.15) is 0 Å². The quantitative estimate of drug-likeness (QED) is 0.566. The van der Waals surface area contributed by atoms with Crippen LogP contribution in [0, 0.1) is 5.92 Å². The predicted octanol–water partition coefficient (Wildman–Crippen LogP) is -0.397. The summed E-state index contributed by atoms with van der Waals surface area (Å²) in [5.74, 6) is 1.35. The molecule has 0 aliphatic carbocycles. The van der Waals surface area contributed by atoms with E-state index in [0.29, 0.717) is 50.9 Å². The van der Waals surface area contributed by atoms with Gasteiger partial charge >= 0.3 is 0 Å². The largest absolute Gasteiger partial charge is 0.493 e. The van der Waals surface area contributed by atoms with E-state index in [-0.39, 0.29) is 24.5 Å². The van der Waals surface area contributed by atoms with Crippen molar-refractivity contribution in [2.45, 2.75) is 12.6 Å². The van der Waals surface area contributed by atoms with E-state index in [0.717, 1.165) is 18.7 Å². The first-order valence-corrected chi connectivity index (χ1v) is 9.42. The lowest BCUT2D eigenvalue weighted by Gasteiger charge is -2.26. The normalized spacial score (nSPS) is 22.7. The molecule has 150 valence electrons. The Morgan fingerprint density at radius 2 is 2.15 bits per heavy atom. The van der Waals surface area contributed by atoms with E-state index in [4.69, 9.17) is 14.2 Å². The zero-order chi connectivity index (χ0) is 19.1. The van der Waals surface area contributed by atoms with Crippen LogP contribution < -0.4 is 20.1 Å². The number of aliphatic hydroxyl groups is 1. The predicted molar refractivity (Wildman–Crippen MR) is 100.0 cm³/mol. The number of carbonyl (C=O) groups is 1. The molecule has 2 aliphatic rings. The fraction of sp³-hybridized carbons (Fsp3) is 0.632. The number of ether oxygens (including phenoxy) is 3. The lowest BCUT2D eigenvalue weighted by Crippen LogP contribution is -2.43. The highest BCUT2D eigenvalue weighted by Crippen LogP contribution is 2.28. The number of nitrogens with one attached hydrogen (secondary N) is 2. The van der Waals surface area contributed by atoms with Crippen molar-refractivity contribution < 1.29 is 24.1 Å². The fourth-order valence-electron chi connectivity index (χ4n) is 3.31. The van der Waals surface area contributed by atoms with E-state index >= 15 is 0 Å². The molecule has 1 aromatic rings. The number of hydrogen-bond acceptors (Lipinski definition) is 7. The summed E-state index contributed by atoms with van der Waals surface area (Å²) in [7, 11) is 1.59. The van der Waals surface area contributed by atoms with Gasteiger partial charge in [-0.1, -0.05) is 6.07 Å². The molecule has 27 heavy (non-hydrogen) atoms. The van der Waals surface area contributed by atoms with Crippen LogP contribution in [-0.2, 0) is 16.1 Å². The molecule has 0 saturated carbocycles. The van der Waals surface area contributed by atoms with Crippen molar-refractivity contribution >= 4 is 5.91 Å². The third kappa shape index (κ3) is 5.55. The second-order valence-corrected chi connectivity index (χ2v) is 6.88. The van der Waals surface area contributed by atoms with Crippen LogP contribution in [-0.4, -0.2) is 81.7 Å². The molecule has 2 saturated heterocycles. The van der Waals surface area contributed by atoms with Crippen LogP contribution in [0.4, 0.5) is 0 Å². The number of hydrogen-bond donors (Lipinski definition) is 3. The summed E-state index contributed by atoms with van der Waals surface area (Å²) in [6.07, 6.45) is -0.285. The second kappa shape index (κ2) is 9.89. The maximum absolute atomic E-state index is 12.2. The van der Waals surface area contributed by atoms with Crippen molar-refractivity contribution in [3.05, 3.63) is 23.8 Å². The minimum absolute atomic E-state index is 0.0134. The van der Waals surface area contributed by atoms with Crippen LogP contribution in [0.25, 0.3) is 0 Å². The van der Waals surface area contributed by atoms with Gasteiger partial charge in [-0.15, -0.1) is 0 Å². The summed E-state index contributed by atoms with van der Waals surface area (Å²) < 4.78 is 16.3. The van der Waals surface area contributed by atoms with Crippen LogP contribution in [0.1, 0.15) is 5.56 Å². The molecule has 1 aromatic carbocycles. The molecule has 2 atom stereocenters. The Labute approximate surface area is 159 Å². The highest BCUT2D eigenvalue weighted by molar-refractivity contribution is 5.78. The summed E-state index contributed by atoms with van der Waals surface area (Å²) in [5.41, 5.74) is 1.05. The van der Waals surface area contributed by atoms with Crippen LogP contribution in [0.5, 0.6) is 11.5 Å². The van der Waals surface area contributed by atoms with Crippen LogP contribution in [0.2, 0.25) is 0 Å². The Morgan fingerprint density at radius 3 is 2.85 bits per heavy atom. The molecule has 0 radical (unpaired) electrons. The SMILES string of the molecule is COc1cc(CNCC2CNCC2O)ccc1OCC(=O)N1CCOCC1. The molecule has 8 heteroatoms. The van der Waals surface area contributed by atoms with Gasteiger partial charge in [0.15, 0.2) is 18.1 Å². The molecule has 2 heterocycles. The van der Waals surface area contributed by atoms with Gasteiger partial charge in [-0.05, 0) is 17.7 Å². The van der Waals surface area contributed by atoms with Gasteiger partial charge in [-0.25, -0.2) is 0 Å². The third-order valence-corrected chi connectivity index (χ3v) is 4.98. The van der Waals surface area contributed by atoms with Crippen LogP contribution in [0.3, 0.4) is 0 Å². The van der Waals surface area contributed by atoms with E-state index < -0.39 is 0 Å². The van der Waals surface area contributed by atoms with Crippen LogP contribution in [0.15, 0.2) is 18.2 Å². The summed E-state index contributed by atoms with van der Waals surface area (Å²) in [5, 5.41) is 16.4. The lowest BCUT2D eigenvalue weighted by atomic mass is 10.1. The minimum Gasteiger partial charge on any atom is -0.493 e. The number of nitrogens with zero attached hydrogens (tertiary/aromatic N) is 1. The van der Waals surface area contributed by atoms with Crippen molar-refractivity contribution in [2.24, 2.45) is 5.92 Å². The number of benzene rings is 1. The Bertz CT molecular complexity index is 621. The summed E-state index contributed by atoms with van der Waals surface area (Å²) >= 11 is 0. The highest BCUT2D eigenvalue weighted by atomic mass is 16.5. The topological polar surface area (TPSA) is 92.3 Å². The number of rotatable bonds is 8. The van der Waals surface area contributed by atoms with Gasteiger partial charge in [0.05, 0.1) is 26.4 Å². The Morgan fingerprint density at radius 1 is 1.33 bits per heavy atom. The lowest BCUT2D eigenvalue weighted by molar-refractivity contribution is -0.137. The van der Waals surface area contributed by atoms with Crippen LogP contribution >= 0.6 is 0 Å². The molecule has 0 aromatic heterocycles. The Balaban J connectivity index is 1.48. The molecule has 3 N–H and O–H groups in total. The summed E-state index contributed by atoms with van der Waals surface area (Å²) in [6, 6.07) is 5.69. The third-order valence-electron chi connectivity index (χ3n) is 4.98. The first-order chi connectivity index (χ1) is 13.2. The number of amides is 1. The molecule has 1 amide bonds. The minimum atomic E-state index is -0.285. The van der Waals surface area contributed by atoms with E-state index in [1.54, 1.807) is 12.0 Å². The highest BCUT2D eigenvalue weighted by Gasteiger charge is 2.24. The van der Waals surface area contributed by atoms with Crippen molar-refractivity contribution in [1.82, 2.24) is 15.5 Å². The van der Waals surface area contributed by atoms with Crippen molar-refractivity contribution in [1.29, 1.82) is 0 Å². The Hall–Kier alpha value is -1.87. The number of morpholine rings is 1. The van der Waals surface area contributed by atoms with E-state index in [9.17, 15) is 9.90 Å². The van der Waals surface area contributed by atoms with Gasteiger partial charge in [0.1, 0.15) is 0 Å². The average molecular weight is 379 g/mol. The maximum atomic E-state index is 12.2. The maximum Gasteiger partial charge on any atom is 0.260 e. The molecule has 0 spiro atoms. The van der Waals surface area contributed by atoms with Gasteiger partial charge < -0.3 is 34.9 Å². The Kier molecular flexibility index (Phi) is 7.28. The second-order valence-electron chi connectivity index (χ2n) is 6.88. The van der Waals surface area contributed by atoms with Gasteiger partial charge in [0.2, 0.25) is 0 Å². The van der Waals surface area contributed by atoms with Crippen molar-refractivity contribution in [2.75, 3.05) is 59.7 Å². The molecular weight excluding hydrogens is 350 g/mol. The molecular formula is C19H29N3O5. The standard InChI is InChI=1S/C19H29N3O5/c1-25-18-8-14(9-20-10-15-11-21-12-16(15)23)2-3-17(18)27-13-19(24)22-4-6-26-7-5-22/h2-3,8,15-16,20-21,23H,4-7,9-13H2,1H3. The zero-order valence-corrected chi connectivity index (χ0v) is 15.8. The van der Waals surface area contributed by atoms with Gasteiger partial charge in [-0.3, -0.25) is 4.79 Å². The molecule has 8 nitrogen and oxygen atoms in total. The van der Waals surface area contributed by atoms with E-state index in [2.05, 4.69) is 10.6 Å². The van der Waals surface area contributed by atoms with Crippen molar-refractivity contribution in [3.63, 3.8) is 0 Å². The molecule has 2 aliphatic heterocycles. The number of β-amino-alcohol motifs (C(OH)–C–C–N with tert-alkyl or cyclic N) is 1. The van der Waals surface area contributed by atoms with Gasteiger partial charge in [0, 0.05) is 45.2 Å². The number of methoxy groups -OCH3 is 1. The number of aliphatic hydroxyl groups excluding tert-OH is 1. The smallest absolute Gasteiger partial charge is 0.260 e. The van der Waals surface area contributed by atoms with E-state index in [1.807, 2.05) is 18.2 Å². The molecule has 2 unspecified atom stereocenters. The zero-order valence-electron chi connectivity index (χ0n) is 15.8. The number of carbonyl (C=O) groups excluding carboxylic acids is 1. The summed E-state index contributed by atoms with van der Waals surface area (Å²) in [6.45, 7) is 5.27. The molecule has 3 rings (SSSR count). The molecule has 2 fully saturated rings. The monoisotopic (exact) mass is 379 g/mol. The van der Waals surface area contributed by atoms with E-state index in [1.165, 1.54) is 0 Å². The average Bonchev–Trinajstić information content (AvgIpc) is 3.12. The first kappa shape index (κ1) is 19.9. The molecule has 0 bridgehead atoms.